The van der Waals surface area contributed by atoms with Gasteiger partial charge in [0.05, 0.1) is 0 Å². The molecule has 0 aromatic heterocycles. The summed E-state index contributed by atoms with van der Waals surface area (Å²) in [5, 5.41) is 32.1. The van der Waals surface area contributed by atoms with E-state index in [4.69, 9.17) is 5.11 Å². The fourth-order valence-corrected chi connectivity index (χ4v) is 2.02. The van der Waals surface area contributed by atoms with E-state index in [1.807, 2.05) is 13.8 Å². The van der Waals surface area contributed by atoms with Crippen molar-refractivity contribution < 1.29 is 29.7 Å². The van der Waals surface area contributed by atoms with Crippen LogP contribution in [0.5, 0.6) is 5.75 Å². The molecule has 8 heteroatoms. The number of benzene rings is 1. The highest BCUT2D eigenvalue weighted by atomic mass is 16.4. The van der Waals surface area contributed by atoms with Crippen molar-refractivity contribution >= 4 is 18.0 Å². The van der Waals surface area contributed by atoms with Crippen LogP contribution in [0.15, 0.2) is 24.3 Å². The third-order valence-electron chi connectivity index (χ3n) is 3.04. The topological polar surface area (TPSA) is 136 Å². The number of carboxylic acid groups (broad SMARTS) is 2. The number of phenols is 1. The highest BCUT2D eigenvalue weighted by Crippen LogP contribution is 2.18. The molecule has 1 unspecified atom stereocenters. The lowest BCUT2D eigenvalue weighted by Crippen LogP contribution is -2.48. The average Bonchev–Trinajstić information content (AvgIpc) is 2.43. The maximum atomic E-state index is 11.9. The van der Waals surface area contributed by atoms with Crippen LogP contribution < -0.4 is 10.6 Å². The highest BCUT2D eigenvalue weighted by Gasteiger charge is 2.26. The summed E-state index contributed by atoms with van der Waals surface area (Å²) < 4.78 is 0. The molecule has 126 valence electrons. The molecule has 5 N–H and O–H groups in total. The number of carboxylic acids is 2. The molecule has 1 aromatic carbocycles. The molecule has 0 heterocycles. The number of urea groups is 1. The van der Waals surface area contributed by atoms with Gasteiger partial charge in [0.1, 0.15) is 11.8 Å². The van der Waals surface area contributed by atoms with Gasteiger partial charge in [-0.05, 0) is 30.0 Å². The van der Waals surface area contributed by atoms with E-state index in [2.05, 4.69) is 10.6 Å². The summed E-state index contributed by atoms with van der Waals surface area (Å²) in [6.45, 7) is 3.62. The van der Waals surface area contributed by atoms with E-state index in [9.17, 15) is 24.6 Å². The van der Waals surface area contributed by atoms with Crippen molar-refractivity contribution in [2.24, 2.45) is 5.92 Å². The second kappa shape index (κ2) is 8.02. The van der Waals surface area contributed by atoms with Gasteiger partial charge in [-0.2, -0.15) is 0 Å². The van der Waals surface area contributed by atoms with Crippen LogP contribution in [0, 0.1) is 5.92 Å². The Morgan fingerprint density at radius 2 is 1.74 bits per heavy atom. The van der Waals surface area contributed by atoms with Gasteiger partial charge in [-0.25, -0.2) is 14.4 Å². The molecular weight excluding hydrogens is 304 g/mol. The molecule has 0 aliphatic heterocycles. The Kier molecular flexibility index (Phi) is 6.37. The number of aromatic hydroxyl groups is 1. The predicted molar refractivity (Wildman–Crippen MR) is 81.0 cm³/mol. The molecule has 0 bridgehead atoms. The molecule has 0 aliphatic carbocycles. The van der Waals surface area contributed by atoms with Gasteiger partial charge in [0.2, 0.25) is 0 Å². The number of aliphatic carboxylic acids is 2. The number of carbonyl (C=O) groups excluding carboxylic acids is 1. The van der Waals surface area contributed by atoms with Gasteiger partial charge in [-0.3, -0.25) is 0 Å². The quantitative estimate of drug-likeness (QED) is 0.513. The summed E-state index contributed by atoms with van der Waals surface area (Å²) in [6.07, 6.45) is 0.215. The van der Waals surface area contributed by atoms with E-state index in [0.717, 1.165) is 0 Å². The van der Waals surface area contributed by atoms with Gasteiger partial charge in [0, 0.05) is 0 Å². The summed E-state index contributed by atoms with van der Waals surface area (Å²) in [4.78, 5) is 34.3. The molecule has 23 heavy (non-hydrogen) atoms. The Bertz CT molecular complexity index is 587. The molecule has 8 nitrogen and oxygen atoms in total. The maximum absolute atomic E-state index is 11.9. The summed E-state index contributed by atoms with van der Waals surface area (Å²) in [6, 6.07) is 2.02. The van der Waals surface area contributed by atoms with E-state index in [1.165, 1.54) is 24.3 Å². The lowest BCUT2D eigenvalue weighted by Gasteiger charge is -2.20. The molecule has 0 radical (unpaired) electrons. The minimum absolute atomic E-state index is 0.0396. The summed E-state index contributed by atoms with van der Waals surface area (Å²) in [5.74, 6) is -2.63. The number of hydrogen-bond acceptors (Lipinski definition) is 4. The van der Waals surface area contributed by atoms with Gasteiger partial charge in [0.25, 0.3) is 0 Å². The lowest BCUT2D eigenvalue weighted by atomic mass is 10.0. The van der Waals surface area contributed by atoms with Crippen LogP contribution in [0.1, 0.15) is 31.9 Å². The zero-order valence-electron chi connectivity index (χ0n) is 12.8. The van der Waals surface area contributed by atoms with E-state index in [-0.39, 0.29) is 23.7 Å². The number of nitrogens with one attached hydrogen (secondary N) is 2. The van der Waals surface area contributed by atoms with Crippen molar-refractivity contribution in [3.05, 3.63) is 29.8 Å². The zero-order valence-corrected chi connectivity index (χ0v) is 12.8. The zero-order chi connectivity index (χ0) is 17.6. The largest absolute Gasteiger partial charge is 0.508 e. The summed E-state index contributed by atoms with van der Waals surface area (Å²) in [5.41, 5.74) is 0.170. The molecule has 2 atom stereocenters. The highest BCUT2D eigenvalue weighted by molar-refractivity contribution is 5.86. The van der Waals surface area contributed by atoms with Crippen LogP contribution in [-0.2, 0) is 9.59 Å². The second-order valence-corrected chi connectivity index (χ2v) is 5.50. The molecule has 0 saturated carbocycles. The normalized spacial score (nSPS) is 13.2. The van der Waals surface area contributed by atoms with E-state index >= 15 is 0 Å². The number of hydrogen-bond donors (Lipinski definition) is 5. The Balaban J connectivity index is 2.82. The summed E-state index contributed by atoms with van der Waals surface area (Å²) in [7, 11) is 0. The SMILES string of the molecule is CC(C)C[C@H](NC(=O)NC(C(=O)O)c1cccc(O)c1)C(=O)O. The van der Waals surface area contributed by atoms with Crippen molar-refractivity contribution in [3.8, 4) is 5.75 Å². The number of carbonyl (C=O) groups is 3. The number of amides is 2. The smallest absolute Gasteiger partial charge is 0.330 e. The summed E-state index contributed by atoms with van der Waals surface area (Å²) >= 11 is 0. The fraction of sp³-hybridized carbons (Fsp3) is 0.400. The van der Waals surface area contributed by atoms with Crippen LogP contribution in [0.25, 0.3) is 0 Å². The Hall–Kier alpha value is -2.77. The first kappa shape index (κ1) is 18.3. The first-order valence-electron chi connectivity index (χ1n) is 7.02. The van der Waals surface area contributed by atoms with Gasteiger partial charge < -0.3 is 26.0 Å². The lowest BCUT2D eigenvalue weighted by molar-refractivity contribution is -0.139. The van der Waals surface area contributed by atoms with E-state index < -0.39 is 30.1 Å². The maximum Gasteiger partial charge on any atom is 0.330 e. The first-order valence-corrected chi connectivity index (χ1v) is 7.02. The van der Waals surface area contributed by atoms with Crippen LogP contribution in [0.4, 0.5) is 4.79 Å². The van der Waals surface area contributed by atoms with E-state index in [0.29, 0.717) is 0 Å². The van der Waals surface area contributed by atoms with Gasteiger partial charge in [-0.15, -0.1) is 0 Å². The Morgan fingerprint density at radius 1 is 1.09 bits per heavy atom. The predicted octanol–water partition coefficient (Wildman–Crippen LogP) is 1.32. The van der Waals surface area contributed by atoms with Crippen molar-refractivity contribution in [2.45, 2.75) is 32.4 Å². The molecule has 0 aliphatic rings. The number of rotatable bonds is 7. The molecule has 2 amide bonds. The average molecular weight is 324 g/mol. The van der Waals surface area contributed by atoms with Crippen LogP contribution in [0.2, 0.25) is 0 Å². The first-order chi connectivity index (χ1) is 10.7. The van der Waals surface area contributed by atoms with Crippen molar-refractivity contribution in [1.29, 1.82) is 0 Å². The minimum atomic E-state index is -1.41. The fourth-order valence-electron chi connectivity index (χ4n) is 2.02. The van der Waals surface area contributed by atoms with Crippen LogP contribution in [-0.4, -0.2) is 39.3 Å². The van der Waals surface area contributed by atoms with Gasteiger partial charge >= 0.3 is 18.0 Å². The third kappa shape index (κ3) is 5.85. The number of phenolic OH excluding ortho intramolecular Hbond substituents is 1. The van der Waals surface area contributed by atoms with Gasteiger partial charge in [0.15, 0.2) is 6.04 Å². The van der Waals surface area contributed by atoms with E-state index in [1.54, 1.807) is 0 Å². The Morgan fingerprint density at radius 3 is 2.22 bits per heavy atom. The third-order valence-corrected chi connectivity index (χ3v) is 3.04. The van der Waals surface area contributed by atoms with Crippen LogP contribution >= 0.6 is 0 Å². The molecule has 0 fully saturated rings. The molecule has 0 spiro atoms. The molecule has 1 rings (SSSR count). The van der Waals surface area contributed by atoms with Crippen molar-refractivity contribution in [3.63, 3.8) is 0 Å². The Labute approximate surface area is 133 Å². The minimum Gasteiger partial charge on any atom is -0.508 e. The molecule has 0 saturated heterocycles. The van der Waals surface area contributed by atoms with Crippen LogP contribution in [0.3, 0.4) is 0 Å². The molecule has 1 aromatic rings. The van der Waals surface area contributed by atoms with Crippen molar-refractivity contribution in [2.75, 3.05) is 0 Å². The molecular formula is C15H20N2O6. The standard InChI is InChI=1S/C15H20N2O6/c1-8(2)6-11(13(19)20)16-15(23)17-12(14(21)22)9-4-3-5-10(18)7-9/h3-5,7-8,11-12,18H,6H2,1-2H3,(H,19,20)(H,21,22)(H2,16,17,23)/t11-,12?/m0/s1. The van der Waals surface area contributed by atoms with Crippen molar-refractivity contribution in [1.82, 2.24) is 10.6 Å². The van der Waals surface area contributed by atoms with Gasteiger partial charge in [-0.1, -0.05) is 26.0 Å². The monoisotopic (exact) mass is 324 g/mol. The second-order valence-electron chi connectivity index (χ2n) is 5.50.